The van der Waals surface area contributed by atoms with Gasteiger partial charge in [0.05, 0.1) is 0 Å². The van der Waals surface area contributed by atoms with Crippen LogP contribution >= 0.6 is 0 Å². The second-order valence-corrected chi connectivity index (χ2v) is 5.18. The Morgan fingerprint density at radius 1 is 1.10 bits per heavy atom. The quantitative estimate of drug-likeness (QED) is 0.872. The zero-order valence-electron chi connectivity index (χ0n) is 12.6. The van der Waals surface area contributed by atoms with Gasteiger partial charge in [0.25, 0.3) is 0 Å². The number of hydrogen-bond donors (Lipinski definition) is 2. The molecule has 2 aromatic rings. The number of aryl methyl sites for hydroxylation is 1. The van der Waals surface area contributed by atoms with Crippen molar-refractivity contribution >= 4 is 11.6 Å². The number of nitrogens with zero attached hydrogens (tertiary/aromatic N) is 2. The van der Waals surface area contributed by atoms with Crippen LogP contribution in [0.25, 0.3) is 0 Å². The molecule has 0 saturated heterocycles. The van der Waals surface area contributed by atoms with Crippen molar-refractivity contribution in [3.05, 3.63) is 47.3 Å². The lowest BCUT2D eigenvalue weighted by Crippen LogP contribution is -2.08. The van der Waals surface area contributed by atoms with Crippen molar-refractivity contribution in [2.45, 2.75) is 33.2 Å². The standard InChI is InChI=1S/C16H22N4/c1-11(2)16-19-14(17-4)9-15(20-16)18-10-13-8-6-5-7-12(13)3/h5-9,11H,10H2,1-4H3,(H2,17,18,19,20). The third kappa shape index (κ3) is 3.47. The summed E-state index contributed by atoms with van der Waals surface area (Å²) in [4.78, 5) is 9.03. The van der Waals surface area contributed by atoms with Crippen LogP contribution in [-0.2, 0) is 6.54 Å². The summed E-state index contributed by atoms with van der Waals surface area (Å²) >= 11 is 0. The first kappa shape index (κ1) is 14.3. The van der Waals surface area contributed by atoms with Gasteiger partial charge in [0.15, 0.2) is 0 Å². The van der Waals surface area contributed by atoms with E-state index in [1.54, 1.807) is 0 Å². The molecule has 2 rings (SSSR count). The highest BCUT2D eigenvalue weighted by molar-refractivity contribution is 5.48. The van der Waals surface area contributed by atoms with Crippen LogP contribution < -0.4 is 10.6 Å². The Morgan fingerprint density at radius 3 is 2.45 bits per heavy atom. The van der Waals surface area contributed by atoms with Gasteiger partial charge in [-0.15, -0.1) is 0 Å². The van der Waals surface area contributed by atoms with Crippen molar-refractivity contribution in [2.24, 2.45) is 0 Å². The number of hydrogen-bond acceptors (Lipinski definition) is 4. The number of aromatic nitrogens is 2. The molecule has 0 amide bonds. The van der Waals surface area contributed by atoms with Crippen molar-refractivity contribution in [3.8, 4) is 0 Å². The predicted molar refractivity (Wildman–Crippen MR) is 84.2 cm³/mol. The van der Waals surface area contributed by atoms with Gasteiger partial charge in [-0.1, -0.05) is 38.1 Å². The van der Waals surface area contributed by atoms with E-state index in [4.69, 9.17) is 0 Å². The molecule has 1 aromatic carbocycles. The molecular formula is C16H22N4. The maximum atomic E-state index is 4.56. The second-order valence-electron chi connectivity index (χ2n) is 5.18. The van der Waals surface area contributed by atoms with Gasteiger partial charge < -0.3 is 10.6 Å². The smallest absolute Gasteiger partial charge is 0.135 e. The van der Waals surface area contributed by atoms with Crippen LogP contribution in [0, 0.1) is 6.92 Å². The van der Waals surface area contributed by atoms with E-state index in [2.05, 4.69) is 65.6 Å². The van der Waals surface area contributed by atoms with Crippen molar-refractivity contribution < 1.29 is 0 Å². The maximum absolute atomic E-state index is 4.56. The minimum atomic E-state index is 0.308. The van der Waals surface area contributed by atoms with Crippen LogP contribution in [0.3, 0.4) is 0 Å². The molecule has 0 spiro atoms. The molecule has 0 atom stereocenters. The van der Waals surface area contributed by atoms with Gasteiger partial charge in [0.2, 0.25) is 0 Å². The molecular weight excluding hydrogens is 248 g/mol. The molecule has 0 fully saturated rings. The normalized spacial score (nSPS) is 10.7. The predicted octanol–water partition coefficient (Wildman–Crippen LogP) is 3.56. The van der Waals surface area contributed by atoms with Gasteiger partial charge in [0, 0.05) is 25.6 Å². The Hall–Kier alpha value is -2.10. The maximum Gasteiger partial charge on any atom is 0.135 e. The molecule has 1 aromatic heterocycles. The molecule has 1 heterocycles. The summed E-state index contributed by atoms with van der Waals surface area (Å²) in [6.07, 6.45) is 0. The van der Waals surface area contributed by atoms with Crippen molar-refractivity contribution in [2.75, 3.05) is 17.7 Å². The lowest BCUT2D eigenvalue weighted by Gasteiger charge is -2.12. The second kappa shape index (κ2) is 6.37. The van der Waals surface area contributed by atoms with Crippen molar-refractivity contribution in [3.63, 3.8) is 0 Å². The monoisotopic (exact) mass is 270 g/mol. The van der Waals surface area contributed by atoms with E-state index < -0.39 is 0 Å². The minimum Gasteiger partial charge on any atom is -0.373 e. The Kier molecular flexibility index (Phi) is 4.56. The van der Waals surface area contributed by atoms with Crippen molar-refractivity contribution in [1.82, 2.24) is 9.97 Å². The molecule has 2 N–H and O–H groups in total. The summed E-state index contributed by atoms with van der Waals surface area (Å²) in [6.45, 7) is 7.08. The highest BCUT2D eigenvalue weighted by Crippen LogP contribution is 2.17. The first-order chi connectivity index (χ1) is 9.60. The van der Waals surface area contributed by atoms with E-state index in [-0.39, 0.29) is 0 Å². The van der Waals surface area contributed by atoms with Gasteiger partial charge >= 0.3 is 0 Å². The summed E-state index contributed by atoms with van der Waals surface area (Å²) in [5.74, 6) is 2.86. The molecule has 20 heavy (non-hydrogen) atoms. The van der Waals surface area contributed by atoms with Crippen LogP contribution in [0.4, 0.5) is 11.6 Å². The number of rotatable bonds is 5. The number of anilines is 2. The van der Waals surface area contributed by atoms with Crippen molar-refractivity contribution in [1.29, 1.82) is 0 Å². The molecule has 4 heteroatoms. The lowest BCUT2D eigenvalue weighted by atomic mass is 10.1. The summed E-state index contributed by atoms with van der Waals surface area (Å²) in [6, 6.07) is 10.3. The Labute approximate surface area is 120 Å². The summed E-state index contributed by atoms with van der Waals surface area (Å²) < 4.78 is 0. The molecule has 0 bridgehead atoms. The van der Waals surface area contributed by atoms with E-state index >= 15 is 0 Å². The van der Waals surface area contributed by atoms with Crippen LogP contribution in [-0.4, -0.2) is 17.0 Å². The average molecular weight is 270 g/mol. The van der Waals surface area contributed by atoms with Gasteiger partial charge in [0.1, 0.15) is 17.5 Å². The third-order valence-corrected chi connectivity index (χ3v) is 3.24. The Bertz CT molecular complexity index is 578. The van der Waals surface area contributed by atoms with Gasteiger partial charge in [-0.2, -0.15) is 0 Å². The topological polar surface area (TPSA) is 49.8 Å². The zero-order valence-corrected chi connectivity index (χ0v) is 12.6. The SMILES string of the molecule is CNc1cc(NCc2ccccc2C)nc(C(C)C)n1. The van der Waals surface area contributed by atoms with Crippen LogP contribution in [0.1, 0.15) is 36.7 Å². The molecule has 0 saturated carbocycles. The first-order valence-electron chi connectivity index (χ1n) is 6.95. The first-order valence-corrected chi connectivity index (χ1v) is 6.95. The Balaban J connectivity index is 2.17. The highest BCUT2D eigenvalue weighted by Gasteiger charge is 2.07. The minimum absolute atomic E-state index is 0.308. The Morgan fingerprint density at radius 2 is 1.80 bits per heavy atom. The molecule has 0 radical (unpaired) electrons. The molecule has 106 valence electrons. The number of benzene rings is 1. The van der Waals surface area contributed by atoms with Crippen LogP contribution in [0.15, 0.2) is 30.3 Å². The number of nitrogens with one attached hydrogen (secondary N) is 2. The summed E-state index contributed by atoms with van der Waals surface area (Å²) in [7, 11) is 1.87. The van der Waals surface area contributed by atoms with Crippen LogP contribution in [0.5, 0.6) is 0 Å². The van der Waals surface area contributed by atoms with Gasteiger partial charge in [-0.05, 0) is 18.1 Å². The molecule has 0 aliphatic rings. The third-order valence-electron chi connectivity index (χ3n) is 3.24. The average Bonchev–Trinajstić information content (AvgIpc) is 2.46. The molecule has 0 aliphatic heterocycles. The summed E-state index contributed by atoms with van der Waals surface area (Å²) in [5, 5.41) is 6.46. The van der Waals surface area contributed by atoms with Crippen LogP contribution in [0.2, 0.25) is 0 Å². The largest absolute Gasteiger partial charge is 0.373 e. The highest BCUT2D eigenvalue weighted by atomic mass is 15.1. The van der Waals surface area contributed by atoms with Gasteiger partial charge in [-0.25, -0.2) is 9.97 Å². The van der Waals surface area contributed by atoms with E-state index in [0.29, 0.717) is 5.92 Å². The molecule has 4 nitrogen and oxygen atoms in total. The zero-order chi connectivity index (χ0) is 14.5. The molecule has 0 unspecified atom stereocenters. The van der Waals surface area contributed by atoms with Gasteiger partial charge in [-0.3, -0.25) is 0 Å². The fourth-order valence-electron chi connectivity index (χ4n) is 1.94. The van der Waals surface area contributed by atoms with E-state index in [0.717, 1.165) is 24.0 Å². The fourth-order valence-corrected chi connectivity index (χ4v) is 1.94. The lowest BCUT2D eigenvalue weighted by molar-refractivity contribution is 0.776. The van der Waals surface area contributed by atoms with E-state index in [1.807, 2.05) is 13.1 Å². The fraction of sp³-hybridized carbons (Fsp3) is 0.375. The van der Waals surface area contributed by atoms with E-state index in [9.17, 15) is 0 Å². The summed E-state index contributed by atoms with van der Waals surface area (Å²) in [5.41, 5.74) is 2.56. The molecule has 0 aliphatic carbocycles. The van der Waals surface area contributed by atoms with E-state index in [1.165, 1.54) is 11.1 Å².